The Labute approximate surface area is 167 Å². The monoisotopic (exact) mass is 395 g/mol. The Balaban J connectivity index is 1.44. The summed E-state index contributed by atoms with van der Waals surface area (Å²) in [6.07, 6.45) is 2.25. The zero-order valence-corrected chi connectivity index (χ0v) is 15.7. The molecule has 2 N–H and O–H groups in total. The molecule has 0 bridgehead atoms. The third-order valence-electron chi connectivity index (χ3n) is 4.58. The molecule has 0 atom stereocenters. The number of nitrogens with one attached hydrogen (secondary N) is 2. The number of hydrogen-bond donors (Lipinski definition) is 2. The molecule has 1 aromatic heterocycles. The number of furan rings is 1. The molecule has 0 fully saturated rings. The van der Waals surface area contributed by atoms with E-state index in [-0.39, 0.29) is 11.9 Å². The van der Waals surface area contributed by atoms with Crippen LogP contribution in [-0.2, 0) is 13.0 Å². The average Bonchev–Trinajstić information content (AvgIpc) is 3.21. The molecule has 6 nitrogen and oxygen atoms in total. The van der Waals surface area contributed by atoms with E-state index in [1.165, 1.54) is 11.8 Å². The molecular formula is C21H18ClN3O3. The van der Waals surface area contributed by atoms with Crippen molar-refractivity contribution in [3.05, 3.63) is 82.8 Å². The van der Waals surface area contributed by atoms with Crippen LogP contribution in [0.15, 0.2) is 65.3 Å². The van der Waals surface area contributed by atoms with E-state index in [4.69, 9.17) is 16.0 Å². The van der Waals surface area contributed by atoms with E-state index >= 15 is 0 Å². The number of carbonyl (C=O) groups excluding carboxylic acids is 2. The van der Waals surface area contributed by atoms with E-state index < -0.39 is 0 Å². The molecule has 0 radical (unpaired) electrons. The Morgan fingerprint density at radius 2 is 1.79 bits per heavy atom. The Hall–Kier alpha value is -3.25. The first kappa shape index (κ1) is 18.1. The maximum absolute atomic E-state index is 12.5. The van der Waals surface area contributed by atoms with Gasteiger partial charge < -0.3 is 20.0 Å². The minimum Gasteiger partial charge on any atom is -0.459 e. The van der Waals surface area contributed by atoms with Gasteiger partial charge in [0, 0.05) is 29.5 Å². The number of fused-ring (bicyclic) bond motifs is 1. The fourth-order valence-electron chi connectivity index (χ4n) is 3.22. The van der Waals surface area contributed by atoms with Gasteiger partial charge in [0.05, 0.1) is 6.26 Å². The van der Waals surface area contributed by atoms with Crippen molar-refractivity contribution >= 4 is 34.9 Å². The zero-order valence-electron chi connectivity index (χ0n) is 14.9. The van der Waals surface area contributed by atoms with Gasteiger partial charge in [-0.2, -0.15) is 0 Å². The normalized spacial score (nSPS) is 13.0. The number of halogens is 1. The Kier molecular flexibility index (Phi) is 5.04. The first-order valence-electron chi connectivity index (χ1n) is 8.86. The topological polar surface area (TPSA) is 74.6 Å². The second-order valence-electron chi connectivity index (χ2n) is 6.53. The maximum Gasteiger partial charge on any atom is 0.323 e. The minimum atomic E-state index is -0.360. The number of carbonyl (C=O) groups is 2. The highest BCUT2D eigenvalue weighted by atomic mass is 35.5. The van der Waals surface area contributed by atoms with Crippen LogP contribution in [0, 0.1) is 0 Å². The SMILES string of the molecule is O=C(Nc1cccc(Cl)c1)Nc1ccc2c(c1)CN(C(=O)c1ccco1)CC2. The van der Waals surface area contributed by atoms with Crippen molar-refractivity contribution in [1.82, 2.24) is 4.90 Å². The molecule has 0 aliphatic carbocycles. The van der Waals surface area contributed by atoms with Gasteiger partial charge in [0.1, 0.15) is 0 Å². The smallest absolute Gasteiger partial charge is 0.323 e. The van der Waals surface area contributed by atoms with Gasteiger partial charge in [-0.1, -0.05) is 23.7 Å². The summed E-state index contributed by atoms with van der Waals surface area (Å²) in [4.78, 5) is 26.5. The molecule has 0 unspecified atom stereocenters. The number of urea groups is 1. The molecule has 2 heterocycles. The summed E-state index contributed by atoms with van der Waals surface area (Å²) in [5, 5.41) is 6.11. The van der Waals surface area contributed by atoms with Crippen molar-refractivity contribution in [2.45, 2.75) is 13.0 Å². The van der Waals surface area contributed by atoms with Crippen molar-refractivity contribution in [2.24, 2.45) is 0 Å². The lowest BCUT2D eigenvalue weighted by Gasteiger charge is -2.28. The number of benzene rings is 2. The van der Waals surface area contributed by atoms with E-state index in [2.05, 4.69) is 10.6 Å². The lowest BCUT2D eigenvalue weighted by atomic mass is 9.99. The second kappa shape index (κ2) is 7.78. The van der Waals surface area contributed by atoms with Crippen molar-refractivity contribution < 1.29 is 14.0 Å². The molecule has 0 saturated heterocycles. The molecule has 28 heavy (non-hydrogen) atoms. The predicted molar refractivity (Wildman–Crippen MR) is 108 cm³/mol. The van der Waals surface area contributed by atoms with Crippen LogP contribution in [0.4, 0.5) is 16.2 Å². The maximum atomic E-state index is 12.5. The van der Waals surface area contributed by atoms with Gasteiger partial charge in [-0.25, -0.2) is 4.79 Å². The molecule has 1 aliphatic rings. The highest BCUT2D eigenvalue weighted by molar-refractivity contribution is 6.30. The number of nitrogens with zero attached hydrogens (tertiary/aromatic N) is 1. The van der Waals surface area contributed by atoms with Crippen molar-refractivity contribution in [1.29, 1.82) is 0 Å². The molecule has 3 aromatic rings. The van der Waals surface area contributed by atoms with Crippen molar-refractivity contribution in [3.63, 3.8) is 0 Å². The van der Waals surface area contributed by atoms with Crippen LogP contribution in [-0.4, -0.2) is 23.4 Å². The Bertz CT molecular complexity index is 1020. The first-order chi connectivity index (χ1) is 13.6. The number of hydrogen-bond acceptors (Lipinski definition) is 3. The first-order valence-corrected chi connectivity index (χ1v) is 9.24. The fraction of sp³-hybridized carbons (Fsp3) is 0.143. The summed E-state index contributed by atoms with van der Waals surface area (Å²) < 4.78 is 5.21. The largest absolute Gasteiger partial charge is 0.459 e. The predicted octanol–water partition coefficient (Wildman–Crippen LogP) is 4.78. The molecule has 1 aliphatic heterocycles. The van der Waals surface area contributed by atoms with Crippen LogP contribution in [0.25, 0.3) is 0 Å². The van der Waals surface area contributed by atoms with Gasteiger partial charge in [0.25, 0.3) is 5.91 Å². The average molecular weight is 396 g/mol. The van der Waals surface area contributed by atoms with Crippen molar-refractivity contribution in [3.8, 4) is 0 Å². The quantitative estimate of drug-likeness (QED) is 0.670. The van der Waals surface area contributed by atoms with Gasteiger partial charge in [0.15, 0.2) is 5.76 Å². The second-order valence-corrected chi connectivity index (χ2v) is 6.96. The third-order valence-corrected chi connectivity index (χ3v) is 4.81. The lowest BCUT2D eigenvalue weighted by Crippen LogP contribution is -2.35. The summed E-state index contributed by atoms with van der Waals surface area (Å²) in [6.45, 7) is 1.11. The van der Waals surface area contributed by atoms with E-state index in [1.54, 1.807) is 41.3 Å². The number of anilines is 2. The molecule has 0 saturated carbocycles. The molecule has 2 aromatic carbocycles. The van der Waals surface area contributed by atoms with Crippen LogP contribution in [0.1, 0.15) is 21.7 Å². The van der Waals surface area contributed by atoms with E-state index in [0.29, 0.717) is 35.2 Å². The summed E-state index contributed by atoms with van der Waals surface area (Å²) in [5.41, 5.74) is 3.44. The Morgan fingerprint density at radius 1 is 0.964 bits per heavy atom. The number of rotatable bonds is 3. The summed E-state index contributed by atoms with van der Waals surface area (Å²) in [7, 11) is 0. The fourth-order valence-corrected chi connectivity index (χ4v) is 3.41. The van der Waals surface area contributed by atoms with E-state index in [9.17, 15) is 9.59 Å². The minimum absolute atomic E-state index is 0.132. The number of amides is 3. The van der Waals surface area contributed by atoms with E-state index in [1.807, 2.05) is 18.2 Å². The van der Waals surface area contributed by atoms with Gasteiger partial charge in [-0.3, -0.25) is 4.79 Å². The lowest BCUT2D eigenvalue weighted by molar-refractivity contribution is 0.0702. The standard InChI is InChI=1S/C21H18ClN3O3/c22-16-3-1-4-17(12-16)23-21(27)24-18-7-6-14-8-9-25(13-15(14)11-18)20(26)19-5-2-10-28-19/h1-7,10-12H,8-9,13H2,(H2,23,24,27). The van der Waals surface area contributed by atoms with Gasteiger partial charge in [0.2, 0.25) is 0 Å². The molecule has 4 rings (SSSR count). The summed E-state index contributed by atoms with van der Waals surface area (Å²) in [5.74, 6) is 0.200. The van der Waals surface area contributed by atoms with Gasteiger partial charge >= 0.3 is 6.03 Å². The Morgan fingerprint density at radius 3 is 2.54 bits per heavy atom. The van der Waals surface area contributed by atoms with Crippen molar-refractivity contribution in [2.75, 3.05) is 17.2 Å². The summed E-state index contributed by atoms with van der Waals surface area (Å²) >= 11 is 5.93. The van der Waals surface area contributed by atoms with Crippen LogP contribution in [0.3, 0.4) is 0 Å². The highest BCUT2D eigenvalue weighted by Crippen LogP contribution is 2.24. The summed E-state index contributed by atoms with van der Waals surface area (Å²) in [6, 6.07) is 15.7. The molecule has 7 heteroatoms. The zero-order chi connectivity index (χ0) is 19.5. The van der Waals surface area contributed by atoms with Gasteiger partial charge in [-0.05, 0) is 60.0 Å². The molecule has 0 spiro atoms. The third kappa shape index (κ3) is 4.02. The van der Waals surface area contributed by atoms with Crippen LogP contribution in [0.5, 0.6) is 0 Å². The highest BCUT2D eigenvalue weighted by Gasteiger charge is 2.23. The molecule has 3 amide bonds. The molecular weight excluding hydrogens is 378 g/mol. The van der Waals surface area contributed by atoms with Gasteiger partial charge in [-0.15, -0.1) is 0 Å². The van der Waals surface area contributed by atoms with E-state index in [0.717, 1.165) is 12.0 Å². The van der Waals surface area contributed by atoms with Crippen LogP contribution < -0.4 is 10.6 Å². The van der Waals surface area contributed by atoms with Crippen LogP contribution in [0.2, 0.25) is 5.02 Å². The van der Waals surface area contributed by atoms with Crippen LogP contribution >= 0.6 is 11.6 Å². The molecule has 142 valence electrons.